The molecule has 0 spiro atoms. The molecule has 0 heterocycles. The van der Waals surface area contributed by atoms with Gasteiger partial charge in [0.05, 0.1) is 13.0 Å². The summed E-state index contributed by atoms with van der Waals surface area (Å²) in [5, 5.41) is 0. The van der Waals surface area contributed by atoms with Crippen LogP contribution in [0.4, 0.5) is 0 Å². The number of ether oxygens (including phenoxy) is 1. The van der Waals surface area contributed by atoms with Crippen LogP contribution in [-0.4, -0.2) is 13.1 Å². The molecular weight excluding hydrogens is 236 g/mol. The van der Waals surface area contributed by atoms with Crippen molar-refractivity contribution in [2.75, 3.05) is 7.11 Å². The summed E-state index contributed by atoms with van der Waals surface area (Å²) in [5.74, 6) is 0.00505. The molecule has 0 radical (unpaired) electrons. The number of hydrogen-bond acceptors (Lipinski definition) is 2. The van der Waals surface area contributed by atoms with Gasteiger partial charge in [-0.2, -0.15) is 0 Å². The summed E-state index contributed by atoms with van der Waals surface area (Å²) in [7, 11) is 1.52. The fraction of sp³-hybridized carbons (Fsp3) is 0.941. The molecule has 0 saturated carbocycles. The highest BCUT2D eigenvalue weighted by Crippen LogP contribution is 2.43. The topological polar surface area (TPSA) is 26.3 Å². The van der Waals surface area contributed by atoms with Gasteiger partial charge in [0.1, 0.15) is 0 Å². The molecule has 114 valence electrons. The van der Waals surface area contributed by atoms with E-state index in [1.807, 2.05) is 0 Å². The van der Waals surface area contributed by atoms with Gasteiger partial charge in [-0.1, -0.05) is 66.2 Å². The lowest BCUT2D eigenvalue weighted by atomic mass is 9.66. The third kappa shape index (κ3) is 5.97. The van der Waals surface area contributed by atoms with Gasteiger partial charge in [0.2, 0.25) is 0 Å². The smallest absolute Gasteiger partial charge is 0.308 e. The molecule has 2 nitrogen and oxygen atoms in total. The third-order valence-electron chi connectivity index (χ3n) is 4.56. The number of unbranched alkanes of at least 4 members (excludes halogenated alkanes) is 3. The molecular formula is C17H34O2. The monoisotopic (exact) mass is 270 g/mol. The molecule has 1 atom stereocenters. The van der Waals surface area contributed by atoms with Gasteiger partial charge in [0, 0.05) is 0 Å². The maximum Gasteiger partial charge on any atom is 0.308 e. The van der Waals surface area contributed by atoms with E-state index in [2.05, 4.69) is 27.7 Å². The highest BCUT2D eigenvalue weighted by atomic mass is 16.5. The molecule has 0 aromatic heterocycles. The van der Waals surface area contributed by atoms with Gasteiger partial charge in [-0.15, -0.1) is 0 Å². The van der Waals surface area contributed by atoms with Crippen LogP contribution in [0.1, 0.15) is 85.5 Å². The maximum absolute atomic E-state index is 12.0. The van der Waals surface area contributed by atoms with Crippen LogP contribution in [0.3, 0.4) is 0 Å². The van der Waals surface area contributed by atoms with E-state index >= 15 is 0 Å². The Bertz CT molecular complexity index is 214. The molecule has 0 aromatic carbocycles. The SMILES string of the molecule is CCCCC(CCCC)(CCCC)C(C)C(=O)OC. The largest absolute Gasteiger partial charge is 0.469 e. The van der Waals surface area contributed by atoms with Crippen molar-refractivity contribution in [1.82, 2.24) is 0 Å². The number of carbonyl (C=O) groups is 1. The van der Waals surface area contributed by atoms with Crippen molar-refractivity contribution in [3.8, 4) is 0 Å². The first-order chi connectivity index (χ1) is 9.07. The van der Waals surface area contributed by atoms with Gasteiger partial charge in [-0.3, -0.25) is 4.79 Å². The van der Waals surface area contributed by atoms with E-state index in [0.29, 0.717) is 0 Å². The van der Waals surface area contributed by atoms with Gasteiger partial charge in [-0.25, -0.2) is 0 Å². The predicted octanol–water partition coefficient (Wildman–Crippen LogP) is 5.35. The molecule has 0 rings (SSSR count). The lowest BCUT2D eigenvalue weighted by Crippen LogP contribution is -2.35. The Labute approximate surface area is 120 Å². The van der Waals surface area contributed by atoms with Crippen LogP contribution in [0, 0.1) is 11.3 Å². The molecule has 0 aliphatic heterocycles. The molecule has 0 aromatic rings. The molecule has 0 amide bonds. The third-order valence-corrected chi connectivity index (χ3v) is 4.56. The zero-order chi connectivity index (χ0) is 14.7. The average Bonchev–Trinajstić information content (AvgIpc) is 2.45. The number of hydrogen-bond donors (Lipinski definition) is 0. The Morgan fingerprint density at radius 1 is 0.947 bits per heavy atom. The minimum Gasteiger partial charge on any atom is -0.469 e. The summed E-state index contributed by atoms with van der Waals surface area (Å²) in [6, 6.07) is 0. The van der Waals surface area contributed by atoms with Crippen LogP contribution in [0.25, 0.3) is 0 Å². The fourth-order valence-electron chi connectivity index (χ4n) is 3.04. The second kappa shape index (κ2) is 10.3. The Hall–Kier alpha value is -0.530. The molecule has 0 aliphatic carbocycles. The van der Waals surface area contributed by atoms with Crippen LogP contribution in [-0.2, 0) is 9.53 Å². The first-order valence-electron chi connectivity index (χ1n) is 8.15. The number of rotatable bonds is 11. The van der Waals surface area contributed by atoms with Crippen LogP contribution < -0.4 is 0 Å². The molecule has 0 bridgehead atoms. The molecule has 0 aliphatic rings. The molecule has 2 heteroatoms. The van der Waals surface area contributed by atoms with Gasteiger partial charge < -0.3 is 4.74 Å². The second-order valence-electron chi connectivity index (χ2n) is 5.92. The Morgan fingerprint density at radius 3 is 1.58 bits per heavy atom. The van der Waals surface area contributed by atoms with E-state index in [4.69, 9.17) is 4.74 Å². The van der Waals surface area contributed by atoms with Crippen LogP contribution in [0.15, 0.2) is 0 Å². The molecule has 0 saturated heterocycles. The van der Waals surface area contributed by atoms with Crippen molar-refractivity contribution < 1.29 is 9.53 Å². The van der Waals surface area contributed by atoms with Gasteiger partial charge >= 0.3 is 5.97 Å². The quantitative estimate of drug-likeness (QED) is 0.473. The summed E-state index contributed by atoms with van der Waals surface area (Å²) in [4.78, 5) is 12.0. The molecule has 19 heavy (non-hydrogen) atoms. The maximum atomic E-state index is 12.0. The second-order valence-corrected chi connectivity index (χ2v) is 5.92. The summed E-state index contributed by atoms with van der Waals surface area (Å²) >= 11 is 0. The van der Waals surface area contributed by atoms with Crippen LogP contribution in [0.5, 0.6) is 0 Å². The zero-order valence-corrected chi connectivity index (χ0v) is 13.8. The van der Waals surface area contributed by atoms with Crippen molar-refractivity contribution in [2.24, 2.45) is 11.3 Å². The Balaban J connectivity index is 5.00. The molecule has 0 N–H and O–H groups in total. The average molecular weight is 270 g/mol. The van der Waals surface area contributed by atoms with Gasteiger partial charge in [0.15, 0.2) is 0 Å². The lowest BCUT2D eigenvalue weighted by molar-refractivity contribution is -0.150. The van der Waals surface area contributed by atoms with E-state index in [-0.39, 0.29) is 17.3 Å². The van der Waals surface area contributed by atoms with Gasteiger partial charge in [0.25, 0.3) is 0 Å². The van der Waals surface area contributed by atoms with E-state index in [1.54, 1.807) is 0 Å². The van der Waals surface area contributed by atoms with Crippen molar-refractivity contribution >= 4 is 5.97 Å². The summed E-state index contributed by atoms with van der Waals surface area (Å²) in [5.41, 5.74) is 0.162. The highest BCUT2D eigenvalue weighted by Gasteiger charge is 2.38. The van der Waals surface area contributed by atoms with E-state index in [0.717, 1.165) is 0 Å². The number of methoxy groups -OCH3 is 1. The van der Waals surface area contributed by atoms with Crippen molar-refractivity contribution in [1.29, 1.82) is 0 Å². The first-order valence-corrected chi connectivity index (χ1v) is 8.15. The van der Waals surface area contributed by atoms with Crippen LogP contribution in [0.2, 0.25) is 0 Å². The fourth-order valence-corrected chi connectivity index (χ4v) is 3.04. The predicted molar refractivity (Wildman–Crippen MR) is 82.2 cm³/mol. The number of esters is 1. The normalized spacial score (nSPS) is 13.3. The minimum atomic E-state index is -0.0247. The Kier molecular flexibility index (Phi) is 9.99. The molecule has 1 unspecified atom stereocenters. The Morgan fingerprint density at radius 2 is 1.32 bits per heavy atom. The van der Waals surface area contributed by atoms with Gasteiger partial charge in [-0.05, 0) is 24.7 Å². The molecule has 0 fully saturated rings. The zero-order valence-electron chi connectivity index (χ0n) is 13.8. The van der Waals surface area contributed by atoms with E-state index < -0.39 is 0 Å². The van der Waals surface area contributed by atoms with E-state index in [1.165, 1.54) is 64.9 Å². The van der Waals surface area contributed by atoms with Crippen LogP contribution >= 0.6 is 0 Å². The van der Waals surface area contributed by atoms with E-state index in [9.17, 15) is 4.79 Å². The standard InChI is InChI=1S/C17H34O2/c1-6-9-12-17(13-10-7-2,14-11-8-3)15(4)16(18)19-5/h15H,6-14H2,1-5H3. The number of carbonyl (C=O) groups excluding carboxylic acids is 1. The summed E-state index contributed by atoms with van der Waals surface area (Å²) < 4.78 is 5.02. The van der Waals surface area contributed by atoms with Crippen molar-refractivity contribution in [2.45, 2.75) is 85.5 Å². The summed E-state index contributed by atoms with van der Waals surface area (Å²) in [6.07, 6.45) is 10.8. The van der Waals surface area contributed by atoms with Crippen molar-refractivity contribution in [3.05, 3.63) is 0 Å². The minimum absolute atomic E-state index is 0.0247. The lowest BCUT2D eigenvalue weighted by Gasteiger charge is -2.38. The summed E-state index contributed by atoms with van der Waals surface area (Å²) in [6.45, 7) is 8.76. The highest BCUT2D eigenvalue weighted by molar-refractivity contribution is 5.72. The van der Waals surface area contributed by atoms with Crippen molar-refractivity contribution in [3.63, 3.8) is 0 Å². The first kappa shape index (κ1) is 18.5.